The number of primary amides is 1. The van der Waals surface area contributed by atoms with Gasteiger partial charge in [-0.25, -0.2) is 0 Å². The molecule has 3 nitrogen and oxygen atoms in total. The number of carbonyl (C=O) groups excluding carboxylic acids is 1. The van der Waals surface area contributed by atoms with E-state index in [4.69, 9.17) is 5.73 Å². The first-order valence-electron chi connectivity index (χ1n) is 7.82. The molecule has 4 heteroatoms. The molecule has 1 aromatic rings. The summed E-state index contributed by atoms with van der Waals surface area (Å²) in [5.74, 6) is 0.859. The summed E-state index contributed by atoms with van der Waals surface area (Å²) in [7, 11) is 0. The van der Waals surface area contributed by atoms with E-state index >= 15 is 0 Å². The van der Waals surface area contributed by atoms with E-state index in [1.54, 1.807) is 0 Å². The predicted octanol–water partition coefficient (Wildman–Crippen LogP) is 2.76. The minimum absolute atomic E-state index is 0.159. The second-order valence-corrected chi connectivity index (χ2v) is 7.82. The fourth-order valence-electron chi connectivity index (χ4n) is 3.20. The number of hydrogen-bond donors (Lipinski definition) is 2. The van der Waals surface area contributed by atoms with Crippen molar-refractivity contribution in [2.45, 2.75) is 61.6 Å². The van der Waals surface area contributed by atoms with E-state index in [0.29, 0.717) is 11.3 Å². The Kier molecular flexibility index (Phi) is 4.27. The molecule has 0 spiro atoms. The molecule has 1 aromatic carbocycles. The molecule has 2 fully saturated rings. The highest BCUT2D eigenvalue weighted by atomic mass is 32.2. The lowest BCUT2D eigenvalue weighted by Crippen LogP contribution is -2.54. The number of rotatable bonds is 6. The summed E-state index contributed by atoms with van der Waals surface area (Å²) in [4.78, 5) is 11.9. The van der Waals surface area contributed by atoms with Gasteiger partial charge in [-0.3, -0.25) is 4.79 Å². The Bertz CT molecular complexity index is 529. The van der Waals surface area contributed by atoms with Crippen LogP contribution in [0, 0.1) is 6.92 Å². The summed E-state index contributed by atoms with van der Waals surface area (Å²) in [6.45, 7) is 2.13. The van der Waals surface area contributed by atoms with Crippen LogP contribution in [-0.4, -0.2) is 22.7 Å². The maximum absolute atomic E-state index is 11.9. The molecule has 0 heterocycles. The van der Waals surface area contributed by atoms with E-state index in [-0.39, 0.29) is 5.91 Å². The molecule has 1 amide bonds. The Morgan fingerprint density at radius 1 is 1.43 bits per heavy atom. The van der Waals surface area contributed by atoms with Gasteiger partial charge in [-0.1, -0.05) is 29.8 Å². The van der Waals surface area contributed by atoms with Crippen LogP contribution in [0.15, 0.2) is 24.3 Å². The predicted molar refractivity (Wildman–Crippen MR) is 88.2 cm³/mol. The second kappa shape index (κ2) is 6.01. The van der Waals surface area contributed by atoms with Gasteiger partial charge in [-0.15, -0.1) is 0 Å². The highest BCUT2D eigenvalue weighted by Gasteiger charge is 2.46. The molecule has 2 atom stereocenters. The summed E-state index contributed by atoms with van der Waals surface area (Å²) >= 11 is 1.97. The molecule has 2 aliphatic rings. The Labute approximate surface area is 131 Å². The van der Waals surface area contributed by atoms with Crippen LogP contribution in [0.4, 0.5) is 0 Å². The van der Waals surface area contributed by atoms with Gasteiger partial charge in [0.15, 0.2) is 0 Å². The van der Waals surface area contributed by atoms with Gasteiger partial charge in [0.2, 0.25) is 5.91 Å². The van der Waals surface area contributed by atoms with Crippen molar-refractivity contribution in [2.75, 3.05) is 0 Å². The molecule has 21 heavy (non-hydrogen) atoms. The average molecular weight is 304 g/mol. The minimum Gasteiger partial charge on any atom is -0.368 e. The smallest absolute Gasteiger partial charge is 0.237 e. The van der Waals surface area contributed by atoms with Crippen molar-refractivity contribution in [1.29, 1.82) is 0 Å². The lowest BCUT2D eigenvalue weighted by atomic mass is 9.96. The molecule has 0 saturated heterocycles. The van der Waals surface area contributed by atoms with Gasteiger partial charge in [0.25, 0.3) is 0 Å². The third-order valence-electron chi connectivity index (χ3n) is 4.57. The van der Waals surface area contributed by atoms with Gasteiger partial charge >= 0.3 is 0 Å². The third-order valence-corrected chi connectivity index (χ3v) is 5.94. The molecule has 0 radical (unpaired) electrons. The molecule has 2 saturated carbocycles. The Hall–Kier alpha value is -1.00. The molecule has 0 bridgehead atoms. The fraction of sp³-hybridized carbons (Fsp3) is 0.588. The molecule has 3 rings (SSSR count). The van der Waals surface area contributed by atoms with Gasteiger partial charge in [0.05, 0.1) is 5.54 Å². The summed E-state index contributed by atoms with van der Waals surface area (Å²) in [6.07, 6.45) is 5.24. The number of amides is 1. The molecule has 3 N–H and O–H groups in total. The molecule has 0 aliphatic heterocycles. The van der Waals surface area contributed by atoms with Crippen LogP contribution in [0.3, 0.4) is 0 Å². The quantitative estimate of drug-likeness (QED) is 0.849. The number of benzene rings is 1. The van der Waals surface area contributed by atoms with Crippen LogP contribution in [0.2, 0.25) is 0 Å². The summed E-state index contributed by atoms with van der Waals surface area (Å²) in [6, 6.07) is 9.19. The normalized spacial score (nSPS) is 28.7. The number of nitrogens with two attached hydrogens (primary N) is 1. The largest absolute Gasteiger partial charge is 0.368 e. The van der Waals surface area contributed by atoms with Crippen molar-refractivity contribution in [2.24, 2.45) is 5.73 Å². The van der Waals surface area contributed by atoms with Crippen molar-refractivity contribution >= 4 is 17.7 Å². The van der Waals surface area contributed by atoms with Gasteiger partial charge in [-0.2, -0.15) is 11.8 Å². The fourth-order valence-corrected chi connectivity index (χ4v) is 4.50. The zero-order valence-corrected chi connectivity index (χ0v) is 13.4. The number of carbonyl (C=O) groups is 1. The number of nitrogens with one attached hydrogen (secondary N) is 1. The average Bonchev–Trinajstić information content (AvgIpc) is 3.15. The summed E-state index contributed by atoms with van der Waals surface area (Å²) < 4.78 is 0. The SMILES string of the molecule is Cc1cccc(CSC2CCC(NC3CC3)(C(N)=O)C2)c1. The van der Waals surface area contributed by atoms with Gasteiger partial charge in [0.1, 0.15) is 0 Å². The van der Waals surface area contributed by atoms with Gasteiger partial charge < -0.3 is 11.1 Å². The first kappa shape index (κ1) is 14.9. The number of thioether (sulfide) groups is 1. The van der Waals surface area contributed by atoms with Crippen molar-refractivity contribution in [3.8, 4) is 0 Å². The van der Waals surface area contributed by atoms with Crippen molar-refractivity contribution < 1.29 is 4.79 Å². The highest BCUT2D eigenvalue weighted by molar-refractivity contribution is 7.99. The van der Waals surface area contributed by atoms with Crippen LogP contribution in [0.1, 0.15) is 43.2 Å². The van der Waals surface area contributed by atoms with Gasteiger partial charge in [-0.05, 0) is 44.6 Å². The van der Waals surface area contributed by atoms with Crippen LogP contribution >= 0.6 is 11.8 Å². The topological polar surface area (TPSA) is 55.1 Å². The molecule has 2 unspecified atom stereocenters. The summed E-state index contributed by atoms with van der Waals surface area (Å²) in [5, 5.41) is 4.05. The molecular weight excluding hydrogens is 280 g/mol. The zero-order valence-electron chi connectivity index (χ0n) is 12.6. The molecule has 0 aromatic heterocycles. The van der Waals surface area contributed by atoms with Crippen LogP contribution in [0.25, 0.3) is 0 Å². The van der Waals surface area contributed by atoms with E-state index in [1.807, 2.05) is 11.8 Å². The van der Waals surface area contributed by atoms with Gasteiger partial charge in [0, 0.05) is 17.0 Å². The highest BCUT2D eigenvalue weighted by Crippen LogP contribution is 2.40. The molecule has 114 valence electrons. The van der Waals surface area contributed by atoms with Crippen LogP contribution < -0.4 is 11.1 Å². The van der Waals surface area contributed by atoms with E-state index in [0.717, 1.165) is 25.0 Å². The van der Waals surface area contributed by atoms with E-state index in [9.17, 15) is 4.79 Å². The standard InChI is InChI=1S/C17H24N2OS/c1-12-3-2-4-13(9-12)11-21-15-7-8-17(10-15,16(18)20)19-14-5-6-14/h2-4,9,14-15,19H,5-8,10-11H2,1H3,(H2,18,20). The van der Waals surface area contributed by atoms with Crippen LogP contribution in [0.5, 0.6) is 0 Å². The Balaban J connectivity index is 1.57. The lowest BCUT2D eigenvalue weighted by Gasteiger charge is -2.27. The second-order valence-electron chi connectivity index (χ2n) is 6.53. The Morgan fingerprint density at radius 2 is 2.24 bits per heavy atom. The monoisotopic (exact) mass is 304 g/mol. The Morgan fingerprint density at radius 3 is 2.90 bits per heavy atom. The van der Waals surface area contributed by atoms with E-state index < -0.39 is 5.54 Å². The maximum Gasteiger partial charge on any atom is 0.237 e. The minimum atomic E-state index is -0.439. The first-order valence-corrected chi connectivity index (χ1v) is 8.87. The van der Waals surface area contributed by atoms with Crippen molar-refractivity contribution in [3.63, 3.8) is 0 Å². The first-order chi connectivity index (χ1) is 10.1. The number of hydrogen-bond acceptors (Lipinski definition) is 3. The van der Waals surface area contributed by atoms with E-state index in [2.05, 4.69) is 36.5 Å². The maximum atomic E-state index is 11.9. The third kappa shape index (κ3) is 3.61. The van der Waals surface area contributed by atoms with Crippen molar-refractivity contribution in [3.05, 3.63) is 35.4 Å². The zero-order chi connectivity index (χ0) is 14.9. The lowest BCUT2D eigenvalue weighted by molar-refractivity contribution is -0.124. The molecular formula is C17H24N2OS. The summed E-state index contributed by atoms with van der Waals surface area (Å²) in [5.41, 5.74) is 7.92. The number of aryl methyl sites for hydroxylation is 1. The van der Waals surface area contributed by atoms with Crippen LogP contribution in [-0.2, 0) is 10.5 Å². The van der Waals surface area contributed by atoms with Crippen molar-refractivity contribution in [1.82, 2.24) is 5.32 Å². The molecule has 2 aliphatic carbocycles. The van der Waals surface area contributed by atoms with E-state index in [1.165, 1.54) is 24.0 Å².